The van der Waals surface area contributed by atoms with Gasteiger partial charge in [-0.15, -0.1) is 0 Å². The highest BCUT2D eigenvalue weighted by Gasteiger charge is 2.42. The predicted octanol–water partition coefficient (Wildman–Crippen LogP) is 2.50. The van der Waals surface area contributed by atoms with E-state index in [9.17, 15) is 0 Å². The molecule has 2 aromatic rings. The van der Waals surface area contributed by atoms with E-state index in [1.807, 2.05) is 19.1 Å². The van der Waals surface area contributed by atoms with E-state index >= 15 is 0 Å². The number of rotatable bonds is 2. The van der Waals surface area contributed by atoms with Crippen molar-refractivity contribution in [1.29, 1.82) is 0 Å². The van der Waals surface area contributed by atoms with Crippen molar-refractivity contribution in [2.45, 2.75) is 32.2 Å². The van der Waals surface area contributed by atoms with Crippen LogP contribution in [0.5, 0.6) is 0 Å². The first kappa shape index (κ1) is 12.0. The lowest BCUT2D eigenvalue weighted by Gasteiger charge is -2.13. The van der Waals surface area contributed by atoms with Crippen LogP contribution in [0.25, 0.3) is 11.5 Å². The van der Waals surface area contributed by atoms with Gasteiger partial charge in [-0.25, -0.2) is 0 Å². The molecule has 4 rings (SSSR count). The van der Waals surface area contributed by atoms with Crippen LogP contribution in [0.4, 0.5) is 0 Å². The Kier molecular flexibility index (Phi) is 2.80. The first-order valence-corrected chi connectivity index (χ1v) is 7.32. The lowest BCUT2D eigenvalue weighted by atomic mass is 9.94. The van der Waals surface area contributed by atoms with Crippen LogP contribution in [0.15, 0.2) is 22.9 Å². The summed E-state index contributed by atoms with van der Waals surface area (Å²) in [5, 5.41) is 7.66. The smallest absolute Gasteiger partial charge is 0.244 e. The van der Waals surface area contributed by atoms with Crippen molar-refractivity contribution in [3.63, 3.8) is 0 Å². The second kappa shape index (κ2) is 4.66. The van der Waals surface area contributed by atoms with Gasteiger partial charge in [0.25, 0.3) is 0 Å². The molecule has 5 nitrogen and oxygen atoms in total. The van der Waals surface area contributed by atoms with Crippen LogP contribution < -0.4 is 5.32 Å². The Morgan fingerprint density at radius 1 is 1.35 bits per heavy atom. The average Bonchev–Trinajstić information content (AvgIpc) is 3.14. The SMILES string of the molecule is Cc1cccnc1-c1noc(C2NCC3CCCC32)n1. The minimum atomic E-state index is 0.229. The van der Waals surface area contributed by atoms with E-state index in [0.717, 1.165) is 29.6 Å². The molecule has 5 heteroatoms. The summed E-state index contributed by atoms with van der Waals surface area (Å²) in [6.45, 7) is 3.09. The van der Waals surface area contributed by atoms with E-state index in [-0.39, 0.29) is 6.04 Å². The van der Waals surface area contributed by atoms with Gasteiger partial charge in [0.1, 0.15) is 5.69 Å². The van der Waals surface area contributed by atoms with Crippen LogP contribution in [-0.4, -0.2) is 21.7 Å². The Labute approximate surface area is 117 Å². The van der Waals surface area contributed by atoms with Gasteiger partial charge in [-0.05, 0) is 49.8 Å². The summed E-state index contributed by atoms with van der Waals surface area (Å²) < 4.78 is 5.50. The molecule has 1 aliphatic heterocycles. The second-order valence-electron chi connectivity index (χ2n) is 5.87. The largest absolute Gasteiger partial charge is 0.337 e. The number of nitrogens with one attached hydrogen (secondary N) is 1. The topological polar surface area (TPSA) is 63.8 Å². The minimum Gasteiger partial charge on any atom is -0.337 e. The Hall–Kier alpha value is -1.75. The van der Waals surface area contributed by atoms with E-state index < -0.39 is 0 Å². The molecule has 1 saturated carbocycles. The van der Waals surface area contributed by atoms with E-state index in [0.29, 0.717) is 11.7 Å². The van der Waals surface area contributed by atoms with Gasteiger partial charge in [0.05, 0.1) is 6.04 Å². The molecule has 0 spiro atoms. The summed E-state index contributed by atoms with van der Waals surface area (Å²) in [6, 6.07) is 4.16. The van der Waals surface area contributed by atoms with E-state index in [1.165, 1.54) is 19.3 Å². The van der Waals surface area contributed by atoms with Crippen LogP contribution in [-0.2, 0) is 0 Å². The first-order chi connectivity index (χ1) is 9.83. The summed E-state index contributed by atoms with van der Waals surface area (Å²) in [7, 11) is 0. The molecule has 3 heterocycles. The molecule has 20 heavy (non-hydrogen) atoms. The maximum atomic E-state index is 5.50. The van der Waals surface area contributed by atoms with Crippen LogP contribution in [0.1, 0.15) is 36.8 Å². The highest BCUT2D eigenvalue weighted by Crippen LogP contribution is 2.44. The van der Waals surface area contributed by atoms with E-state index in [1.54, 1.807) is 6.20 Å². The predicted molar refractivity (Wildman–Crippen MR) is 73.8 cm³/mol. The number of aryl methyl sites for hydroxylation is 1. The van der Waals surface area contributed by atoms with Crippen molar-refractivity contribution < 1.29 is 4.52 Å². The van der Waals surface area contributed by atoms with Gasteiger partial charge < -0.3 is 9.84 Å². The van der Waals surface area contributed by atoms with Crippen molar-refractivity contribution >= 4 is 0 Å². The van der Waals surface area contributed by atoms with Gasteiger partial charge >= 0.3 is 0 Å². The third-order valence-electron chi connectivity index (χ3n) is 4.68. The molecule has 0 amide bonds. The lowest BCUT2D eigenvalue weighted by Crippen LogP contribution is -2.18. The molecule has 1 N–H and O–H groups in total. The van der Waals surface area contributed by atoms with Gasteiger partial charge in [-0.1, -0.05) is 17.6 Å². The average molecular weight is 270 g/mol. The fraction of sp³-hybridized carbons (Fsp3) is 0.533. The van der Waals surface area contributed by atoms with Crippen molar-refractivity contribution in [2.75, 3.05) is 6.54 Å². The van der Waals surface area contributed by atoms with Gasteiger partial charge in [0.2, 0.25) is 11.7 Å². The van der Waals surface area contributed by atoms with Crippen molar-refractivity contribution in [1.82, 2.24) is 20.4 Å². The highest BCUT2D eigenvalue weighted by molar-refractivity contribution is 5.53. The van der Waals surface area contributed by atoms with Crippen molar-refractivity contribution in [3.05, 3.63) is 29.8 Å². The molecule has 1 aliphatic carbocycles. The van der Waals surface area contributed by atoms with Crippen LogP contribution in [0.2, 0.25) is 0 Å². The Morgan fingerprint density at radius 2 is 2.30 bits per heavy atom. The molecule has 2 fully saturated rings. The zero-order valence-electron chi connectivity index (χ0n) is 11.5. The molecular weight excluding hydrogens is 252 g/mol. The van der Waals surface area contributed by atoms with Gasteiger partial charge in [-0.2, -0.15) is 4.98 Å². The number of aromatic nitrogens is 3. The molecule has 1 saturated heterocycles. The molecule has 104 valence electrons. The van der Waals surface area contributed by atoms with Gasteiger partial charge in [0, 0.05) is 6.20 Å². The molecule has 0 aromatic carbocycles. The molecular formula is C15H18N4O. The maximum Gasteiger partial charge on any atom is 0.244 e. The summed E-state index contributed by atoms with van der Waals surface area (Å²) in [6.07, 6.45) is 5.68. The van der Waals surface area contributed by atoms with Crippen molar-refractivity contribution in [3.8, 4) is 11.5 Å². The van der Waals surface area contributed by atoms with E-state index in [4.69, 9.17) is 4.52 Å². The Balaban J connectivity index is 1.64. The van der Waals surface area contributed by atoms with Crippen LogP contribution in [0, 0.1) is 18.8 Å². The van der Waals surface area contributed by atoms with Crippen molar-refractivity contribution in [2.24, 2.45) is 11.8 Å². The number of fused-ring (bicyclic) bond motifs is 1. The molecule has 0 bridgehead atoms. The highest BCUT2D eigenvalue weighted by atomic mass is 16.5. The van der Waals surface area contributed by atoms with E-state index in [2.05, 4.69) is 20.4 Å². The summed E-state index contributed by atoms with van der Waals surface area (Å²) in [5.41, 5.74) is 1.88. The first-order valence-electron chi connectivity index (χ1n) is 7.32. The Morgan fingerprint density at radius 3 is 3.20 bits per heavy atom. The number of pyridine rings is 1. The lowest BCUT2D eigenvalue weighted by molar-refractivity contribution is 0.302. The zero-order chi connectivity index (χ0) is 13.5. The normalized spacial score (nSPS) is 28.8. The fourth-order valence-electron chi connectivity index (χ4n) is 3.64. The standard InChI is InChI=1S/C15H18N4O/c1-9-4-3-7-16-12(9)14-18-15(20-19-14)13-11-6-2-5-10(11)8-17-13/h3-4,7,10-11,13,17H,2,5-6,8H2,1H3. The van der Waals surface area contributed by atoms with Gasteiger partial charge in [-0.3, -0.25) is 4.98 Å². The summed E-state index contributed by atoms with van der Waals surface area (Å²) in [4.78, 5) is 8.93. The number of hydrogen-bond acceptors (Lipinski definition) is 5. The number of nitrogens with zero attached hydrogens (tertiary/aromatic N) is 3. The Bertz CT molecular complexity index is 624. The zero-order valence-corrected chi connectivity index (χ0v) is 11.5. The summed E-state index contributed by atoms with van der Waals surface area (Å²) in [5.74, 6) is 2.76. The molecule has 2 aromatic heterocycles. The third kappa shape index (κ3) is 1.85. The van der Waals surface area contributed by atoms with Crippen LogP contribution in [0.3, 0.4) is 0 Å². The molecule has 2 aliphatic rings. The van der Waals surface area contributed by atoms with Crippen LogP contribution >= 0.6 is 0 Å². The molecule has 3 unspecified atom stereocenters. The maximum absolute atomic E-state index is 5.50. The fourth-order valence-corrected chi connectivity index (χ4v) is 3.64. The molecule has 0 radical (unpaired) electrons. The summed E-state index contributed by atoms with van der Waals surface area (Å²) >= 11 is 0. The molecule has 3 atom stereocenters. The monoisotopic (exact) mass is 270 g/mol. The number of hydrogen-bond donors (Lipinski definition) is 1. The third-order valence-corrected chi connectivity index (χ3v) is 4.68. The quantitative estimate of drug-likeness (QED) is 0.908. The minimum absolute atomic E-state index is 0.229. The second-order valence-corrected chi connectivity index (χ2v) is 5.87. The van der Waals surface area contributed by atoms with Gasteiger partial charge in [0.15, 0.2) is 0 Å².